The van der Waals surface area contributed by atoms with E-state index in [9.17, 15) is 13.9 Å². The molecule has 0 aliphatic carbocycles. The largest absolute Gasteiger partial charge is 0.387 e. The molecular weight excluding hydrogens is 244 g/mol. The Morgan fingerprint density at radius 1 is 1.41 bits per heavy atom. The highest BCUT2D eigenvalue weighted by atomic mass is 32.1. The molecule has 5 heteroatoms. The van der Waals surface area contributed by atoms with Gasteiger partial charge in [-0.25, -0.2) is 13.8 Å². The molecule has 0 aliphatic heterocycles. The van der Waals surface area contributed by atoms with Gasteiger partial charge in [0.25, 0.3) is 0 Å². The van der Waals surface area contributed by atoms with Crippen LogP contribution in [0.3, 0.4) is 0 Å². The van der Waals surface area contributed by atoms with Gasteiger partial charge in [0.2, 0.25) is 0 Å². The van der Waals surface area contributed by atoms with E-state index < -0.39 is 17.7 Å². The maximum absolute atomic E-state index is 13.4. The summed E-state index contributed by atoms with van der Waals surface area (Å²) >= 11 is 1.35. The number of aromatic nitrogens is 1. The fourth-order valence-corrected chi connectivity index (χ4v) is 2.33. The number of rotatable bonds is 3. The molecule has 0 radical (unpaired) electrons. The lowest BCUT2D eigenvalue weighted by Crippen LogP contribution is -1.95. The van der Waals surface area contributed by atoms with E-state index in [0.29, 0.717) is 22.7 Å². The minimum Gasteiger partial charge on any atom is -0.387 e. The van der Waals surface area contributed by atoms with Crippen LogP contribution in [0.2, 0.25) is 0 Å². The predicted octanol–water partition coefficient (Wildman–Crippen LogP) is 3.07. The van der Waals surface area contributed by atoms with Crippen LogP contribution in [0.15, 0.2) is 23.6 Å². The van der Waals surface area contributed by atoms with E-state index in [1.165, 1.54) is 23.5 Å². The van der Waals surface area contributed by atoms with E-state index in [1.807, 2.05) is 0 Å². The van der Waals surface area contributed by atoms with Gasteiger partial charge in [0.1, 0.15) is 11.6 Å². The predicted molar refractivity (Wildman–Crippen MR) is 61.9 cm³/mol. The van der Waals surface area contributed by atoms with Crippen LogP contribution >= 0.6 is 11.3 Å². The highest BCUT2D eigenvalue weighted by Gasteiger charge is 2.10. The molecule has 1 atom stereocenters. The van der Waals surface area contributed by atoms with E-state index >= 15 is 0 Å². The van der Waals surface area contributed by atoms with Crippen LogP contribution in [0.5, 0.6) is 0 Å². The molecule has 1 N–H and O–H groups in total. The first kappa shape index (κ1) is 12.1. The number of nitrogens with zero attached hydrogens (tertiary/aromatic N) is 1. The van der Waals surface area contributed by atoms with Gasteiger partial charge in [0.15, 0.2) is 0 Å². The summed E-state index contributed by atoms with van der Waals surface area (Å²) in [5.74, 6) is -1.16. The summed E-state index contributed by atoms with van der Waals surface area (Å²) in [7, 11) is 0. The first-order chi connectivity index (χ1) is 8.06. The maximum Gasteiger partial charge on any atom is 0.129 e. The zero-order valence-corrected chi connectivity index (χ0v) is 9.97. The van der Waals surface area contributed by atoms with Crippen molar-refractivity contribution < 1.29 is 13.9 Å². The van der Waals surface area contributed by atoms with E-state index in [1.54, 1.807) is 12.3 Å². The van der Waals surface area contributed by atoms with Gasteiger partial charge in [-0.05, 0) is 18.6 Å². The van der Waals surface area contributed by atoms with Crippen molar-refractivity contribution in [3.05, 3.63) is 51.5 Å². The Bertz CT molecular complexity index is 525. The van der Waals surface area contributed by atoms with Crippen molar-refractivity contribution in [2.24, 2.45) is 0 Å². The Labute approximate surface area is 102 Å². The van der Waals surface area contributed by atoms with Gasteiger partial charge in [-0.2, -0.15) is 0 Å². The molecule has 1 heterocycles. The first-order valence-electron chi connectivity index (χ1n) is 5.12. The second-order valence-electron chi connectivity index (χ2n) is 3.75. The average Bonchev–Trinajstić information content (AvgIpc) is 2.71. The summed E-state index contributed by atoms with van der Waals surface area (Å²) < 4.78 is 26.1. The molecule has 2 nitrogen and oxygen atoms in total. The summed E-state index contributed by atoms with van der Waals surface area (Å²) in [6.45, 7) is 1.62. The molecule has 0 saturated carbocycles. The van der Waals surface area contributed by atoms with Gasteiger partial charge in [-0.15, -0.1) is 11.3 Å². The third-order valence-corrected chi connectivity index (χ3v) is 3.22. The van der Waals surface area contributed by atoms with E-state index in [2.05, 4.69) is 4.98 Å². The normalized spacial score (nSPS) is 12.7. The molecular formula is C12H11F2NOS. The molecule has 0 fully saturated rings. The Morgan fingerprint density at radius 3 is 2.76 bits per heavy atom. The molecule has 0 saturated heterocycles. The van der Waals surface area contributed by atoms with Gasteiger partial charge in [-0.3, -0.25) is 0 Å². The monoisotopic (exact) mass is 255 g/mol. The van der Waals surface area contributed by atoms with Crippen molar-refractivity contribution in [2.45, 2.75) is 19.4 Å². The maximum atomic E-state index is 13.4. The van der Waals surface area contributed by atoms with Crippen LogP contribution in [-0.2, 0) is 6.42 Å². The zero-order valence-electron chi connectivity index (χ0n) is 9.15. The molecule has 17 heavy (non-hydrogen) atoms. The van der Waals surface area contributed by atoms with Crippen LogP contribution < -0.4 is 0 Å². The second kappa shape index (κ2) is 4.89. The number of halogens is 2. The second-order valence-corrected chi connectivity index (χ2v) is 4.70. The molecule has 90 valence electrons. The molecule has 1 unspecified atom stereocenters. The molecule has 2 rings (SSSR count). The number of aliphatic hydroxyl groups excluding tert-OH is 1. The summed E-state index contributed by atoms with van der Waals surface area (Å²) in [5.41, 5.74) is 0.977. The van der Waals surface area contributed by atoms with Crippen molar-refractivity contribution >= 4 is 11.3 Å². The lowest BCUT2D eigenvalue weighted by atomic mass is 10.1. The summed E-state index contributed by atoms with van der Waals surface area (Å²) in [6, 6.07) is 3.49. The summed E-state index contributed by atoms with van der Waals surface area (Å²) in [4.78, 5) is 4.18. The first-order valence-corrected chi connectivity index (χ1v) is 6.00. The van der Waals surface area contributed by atoms with Crippen LogP contribution in [0.25, 0.3) is 0 Å². The zero-order chi connectivity index (χ0) is 12.4. The van der Waals surface area contributed by atoms with Crippen LogP contribution in [-0.4, -0.2) is 10.1 Å². The molecule has 1 aromatic heterocycles. The molecule has 0 spiro atoms. The van der Waals surface area contributed by atoms with E-state index in [0.717, 1.165) is 6.07 Å². The number of hydrogen-bond donors (Lipinski definition) is 1. The van der Waals surface area contributed by atoms with Gasteiger partial charge >= 0.3 is 0 Å². The van der Waals surface area contributed by atoms with Crippen molar-refractivity contribution in [3.8, 4) is 0 Å². The van der Waals surface area contributed by atoms with Gasteiger partial charge in [-0.1, -0.05) is 6.07 Å². The van der Waals surface area contributed by atoms with Gasteiger partial charge in [0.05, 0.1) is 16.8 Å². The third kappa shape index (κ3) is 2.87. The molecule has 0 aliphatic rings. The number of aliphatic hydroxyl groups is 1. The van der Waals surface area contributed by atoms with Gasteiger partial charge < -0.3 is 5.11 Å². The SMILES string of the molecule is CC(O)c1csc(Cc2ccc(F)cc2F)n1. The summed E-state index contributed by atoms with van der Waals surface area (Å²) in [6.07, 6.45) is -0.318. The van der Waals surface area contributed by atoms with Crippen LogP contribution in [0.1, 0.15) is 29.3 Å². The van der Waals surface area contributed by atoms with Crippen LogP contribution in [0, 0.1) is 11.6 Å². The molecule has 2 aromatic rings. The van der Waals surface area contributed by atoms with Gasteiger partial charge in [0, 0.05) is 17.9 Å². The minimum absolute atomic E-state index is 0.309. The topological polar surface area (TPSA) is 33.1 Å². The average molecular weight is 255 g/mol. The highest BCUT2D eigenvalue weighted by Crippen LogP contribution is 2.20. The lowest BCUT2D eigenvalue weighted by molar-refractivity contribution is 0.195. The fraction of sp³-hybridized carbons (Fsp3) is 0.250. The quantitative estimate of drug-likeness (QED) is 0.914. The lowest BCUT2D eigenvalue weighted by Gasteiger charge is -2.01. The van der Waals surface area contributed by atoms with Crippen molar-refractivity contribution in [2.75, 3.05) is 0 Å². The van der Waals surface area contributed by atoms with E-state index in [-0.39, 0.29) is 0 Å². The highest BCUT2D eigenvalue weighted by molar-refractivity contribution is 7.09. The number of benzene rings is 1. The number of hydrogen-bond acceptors (Lipinski definition) is 3. The molecule has 1 aromatic carbocycles. The standard InChI is InChI=1S/C12H11F2NOS/c1-7(16)11-6-17-12(15-11)4-8-2-3-9(13)5-10(8)14/h2-3,5-7,16H,4H2,1H3. The third-order valence-electron chi connectivity index (χ3n) is 2.35. The van der Waals surface area contributed by atoms with E-state index in [4.69, 9.17) is 0 Å². The minimum atomic E-state index is -0.627. The Hall–Kier alpha value is -1.33. The smallest absolute Gasteiger partial charge is 0.129 e. The van der Waals surface area contributed by atoms with Crippen molar-refractivity contribution in [1.29, 1.82) is 0 Å². The Morgan fingerprint density at radius 2 is 2.18 bits per heavy atom. The fourth-order valence-electron chi connectivity index (χ4n) is 1.43. The van der Waals surface area contributed by atoms with Crippen LogP contribution in [0.4, 0.5) is 8.78 Å². The Balaban J connectivity index is 2.19. The molecule has 0 amide bonds. The number of thiazole rings is 1. The summed E-state index contributed by atoms with van der Waals surface area (Å²) in [5, 5.41) is 11.8. The van der Waals surface area contributed by atoms with Crippen molar-refractivity contribution in [1.82, 2.24) is 4.98 Å². The Kier molecular flexibility index (Phi) is 3.49. The molecule has 0 bridgehead atoms. The van der Waals surface area contributed by atoms with Crippen molar-refractivity contribution in [3.63, 3.8) is 0 Å².